The quantitative estimate of drug-likeness (QED) is 0.238. The van der Waals surface area contributed by atoms with Gasteiger partial charge in [0.15, 0.2) is 5.82 Å². The van der Waals surface area contributed by atoms with Crippen LogP contribution in [0, 0.1) is 41.8 Å². The second-order valence-corrected chi connectivity index (χ2v) is 14.4. The standard InChI is InChI=1S/C35H32Cl2FN5O/c1-16-22-14-28(27-13-19-12-26(19)42(27)35(44)17-7-8-17)43(33-20-11-25(33)40-15-20)34(22)23-10-18(4-3-9-39)29(31(38)32(23)41-16)21-5-2-6-24(36)30(21)37/h2,5-6,10,14,17,19-20,25-27,33,40H,3-4,7-8,11-13,15H2,1H3/t19-,20-,25-,26-,27-,33+/m1/s1. The van der Waals surface area contributed by atoms with Crippen LogP contribution in [0.4, 0.5) is 4.39 Å². The summed E-state index contributed by atoms with van der Waals surface area (Å²) in [5.74, 6) is 1.12. The molecule has 5 heterocycles. The molecule has 6 nitrogen and oxygen atoms in total. The normalized spacial score (nSPS) is 28.4. The minimum atomic E-state index is -0.443. The van der Waals surface area contributed by atoms with Gasteiger partial charge < -0.3 is 14.8 Å². The van der Waals surface area contributed by atoms with Crippen LogP contribution in [0.15, 0.2) is 30.3 Å². The molecule has 9 heteroatoms. The van der Waals surface area contributed by atoms with E-state index < -0.39 is 5.82 Å². The Morgan fingerprint density at radius 1 is 1.16 bits per heavy atom. The maximum atomic E-state index is 17.0. The number of nitriles is 1. The SMILES string of the molecule is Cc1nc2c(F)c(-c3cccc(Cl)c3Cl)c(CCC#N)cc2c2c1cc([C@H]1C[C@H]3C[C@H]3N1C(=O)C1CC1)n2[C@H]1[C@H]2CN[C@@H]1C2. The lowest BCUT2D eigenvalue weighted by Crippen LogP contribution is -2.41. The maximum Gasteiger partial charge on any atom is 0.226 e. The van der Waals surface area contributed by atoms with E-state index >= 15 is 4.39 Å². The maximum absolute atomic E-state index is 17.0. The number of likely N-dealkylation sites (tertiary alicyclic amines) is 1. The van der Waals surface area contributed by atoms with Crippen molar-refractivity contribution < 1.29 is 9.18 Å². The Balaban J connectivity index is 1.32. The van der Waals surface area contributed by atoms with Gasteiger partial charge in [0.1, 0.15) is 5.52 Å². The molecular formula is C35H32Cl2FN5O. The molecular weight excluding hydrogens is 596 g/mol. The third-order valence-corrected chi connectivity index (χ3v) is 11.9. The van der Waals surface area contributed by atoms with E-state index in [2.05, 4.69) is 26.9 Å². The fraction of sp³-hybridized carbons (Fsp3) is 0.457. The molecule has 3 saturated heterocycles. The van der Waals surface area contributed by atoms with Crippen LogP contribution in [-0.2, 0) is 11.2 Å². The van der Waals surface area contributed by atoms with Gasteiger partial charge in [0.2, 0.25) is 5.91 Å². The number of pyridine rings is 1. The number of amides is 1. The van der Waals surface area contributed by atoms with Gasteiger partial charge in [-0.15, -0.1) is 0 Å². The molecule has 4 aromatic rings. The lowest BCUT2D eigenvalue weighted by atomic mass is 9.79. The summed E-state index contributed by atoms with van der Waals surface area (Å²) in [6, 6.07) is 12.7. The molecule has 10 rings (SSSR count). The molecule has 3 aliphatic heterocycles. The summed E-state index contributed by atoms with van der Waals surface area (Å²) in [5.41, 5.74) is 4.79. The molecule has 0 radical (unpaired) electrons. The summed E-state index contributed by atoms with van der Waals surface area (Å²) in [5, 5.41) is 15.6. The first-order chi connectivity index (χ1) is 21.4. The lowest BCUT2D eigenvalue weighted by Gasteiger charge is -2.40. The molecule has 3 saturated carbocycles. The Hall–Kier alpha value is -3.18. The molecule has 6 fully saturated rings. The minimum absolute atomic E-state index is 0.0288. The van der Waals surface area contributed by atoms with Crippen LogP contribution in [0.3, 0.4) is 0 Å². The van der Waals surface area contributed by atoms with Gasteiger partial charge in [-0.2, -0.15) is 5.26 Å². The van der Waals surface area contributed by atoms with Gasteiger partial charge in [0, 0.05) is 64.3 Å². The summed E-state index contributed by atoms with van der Waals surface area (Å²) in [6.07, 6.45) is 5.83. The van der Waals surface area contributed by atoms with Gasteiger partial charge in [-0.25, -0.2) is 9.37 Å². The molecule has 6 aliphatic rings. The van der Waals surface area contributed by atoms with Crippen molar-refractivity contribution >= 4 is 50.9 Å². The van der Waals surface area contributed by atoms with E-state index in [1.807, 2.05) is 13.0 Å². The van der Waals surface area contributed by atoms with Gasteiger partial charge in [0.05, 0.1) is 33.7 Å². The molecule has 2 aromatic carbocycles. The first kappa shape index (κ1) is 27.2. The van der Waals surface area contributed by atoms with Crippen LogP contribution in [0.5, 0.6) is 0 Å². The smallest absolute Gasteiger partial charge is 0.226 e. The summed E-state index contributed by atoms with van der Waals surface area (Å²) < 4.78 is 19.4. The zero-order valence-electron chi connectivity index (χ0n) is 24.4. The van der Waals surface area contributed by atoms with Crippen molar-refractivity contribution in [3.05, 3.63) is 63.1 Å². The Labute approximate surface area is 265 Å². The number of benzene rings is 2. The summed E-state index contributed by atoms with van der Waals surface area (Å²) >= 11 is 13.0. The van der Waals surface area contributed by atoms with Crippen molar-refractivity contribution in [1.29, 1.82) is 5.26 Å². The number of nitrogens with zero attached hydrogens (tertiary/aromatic N) is 4. The van der Waals surface area contributed by atoms with Gasteiger partial charge >= 0.3 is 0 Å². The van der Waals surface area contributed by atoms with E-state index in [1.165, 1.54) is 5.69 Å². The number of halogens is 3. The van der Waals surface area contributed by atoms with E-state index in [4.69, 9.17) is 28.2 Å². The van der Waals surface area contributed by atoms with Crippen molar-refractivity contribution in [2.45, 2.75) is 76.0 Å². The molecule has 224 valence electrons. The van der Waals surface area contributed by atoms with Crippen LogP contribution in [0.2, 0.25) is 10.0 Å². The number of hydrogen-bond donors (Lipinski definition) is 1. The molecule has 1 amide bonds. The first-order valence-electron chi connectivity index (χ1n) is 15.9. The highest BCUT2D eigenvalue weighted by molar-refractivity contribution is 6.43. The molecule has 0 unspecified atom stereocenters. The first-order valence-corrected chi connectivity index (χ1v) is 16.6. The van der Waals surface area contributed by atoms with Crippen LogP contribution in [0.1, 0.15) is 67.6 Å². The third-order valence-electron chi connectivity index (χ3n) is 11.1. The number of hydrogen-bond acceptors (Lipinski definition) is 4. The molecule has 2 bridgehead atoms. The fourth-order valence-electron chi connectivity index (χ4n) is 8.68. The van der Waals surface area contributed by atoms with Gasteiger partial charge in [-0.1, -0.05) is 35.3 Å². The van der Waals surface area contributed by atoms with Crippen LogP contribution < -0.4 is 5.32 Å². The molecule has 3 aliphatic carbocycles. The molecule has 1 N–H and O–H groups in total. The largest absolute Gasteiger partial charge is 0.337 e. The number of rotatable bonds is 6. The summed E-state index contributed by atoms with van der Waals surface area (Å²) in [6.45, 7) is 2.92. The number of carbonyl (C=O) groups excluding carboxylic acids is 1. The Morgan fingerprint density at radius 2 is 2.00 bits per heavy atom. The fourth-order valence-corrected chi connectivity index (χ4v) is 9.07. The van der Waals surface area contributed by atoms with E-state index in [9.17, 15) is 10.1 Å². The predicted octanol–water partition coefficient (Wildman–Crippen LogP) is 7.67. The highest BCUT2D eigenvalue weighted by Gasteiger charge is 2.58. The van der Waals surface area contributed by atoms with Crippen molar-refractivity contribution in [3.63, 3.8) is 0 Å². The van der Waals surface area contributed by atoms with Crippen LogP contribution in [0.25, 0.3) is 32.9 Å². The van der Waals surface area contributed by atoms with E-state index in [-0.39, 0.29) is 29.4 Å². The van der Waals surface area contributed by atoms with Crippen molar-refractivity contribution in [1.82, 2.24) is 19.8 Å². The Bertz CT molecular complexity index is 1950. The van der Waals surface area contributed by atoms with Crippen molar-refractivity contribution in [2.24, 2.45) is 17.8 Å². The second kappa shape index (κ2) is 9.66. The lowest BCUT2D eigenvalue weighted by molar-refractivity contribution is -0.134. The average Bonchev–Trinajstić information content (AvgIpc) is 3.78. The zero-order valence-corrected chi connectivity index (χ0v) is 25.9. The average molecular weight is 629 g/mol. The Morgan fingerprint density at radius 3 is 2.73 bits per heavy atom. The van der Waals surface area contributed by atoms with Crippen LogP contribution in [-0.4, -0.2) is 39.0 Å². The number of fused-ring (bicyclic) bond motifs is 5. The van der Waals surface area contributed by atoms with E-state index in [1.54, 1.807) is 18.2 Å². The third kappa shape index (κ3) is 3.80. The molecule has 44 heavy (non-hydrogen) atoms. The highest BCUT2D eigenvalue weighted by atomic mass is 35.5. The molecule has 0 spiro atoms. The number of aromatic nitrogens is 2. The molecule has 6 atom stereocenters. The Kier molecular flexibility index (Phi) is 5.96. The zero-order chi connectivity index (χ0) is 30.0. The predicted molar refractivity (Wildman–Crippen MR) is 169 cm³/mol. The topological polar surface area (TPSA) is 74.0 Å². The number of carbonyl (C=O) groups is 1. The van der Waals surface area contributed by atoms with Crippen LogP contribution >= 0.6 is 23.2 Å². The van der Waals surface area contributed by atoms with Gasteiger partial charge in [0.25, 0.3) is 0 Å². The second-order valence-electron chi connectivity index (χ2n) is 13.6. The van der Waals surface area contributed by atoms with Crippen molar-refractivity contribution in [2.75, 3.05) is 6.54 Å². The van der Waals surface area contributed by atoms with Crippen molar-refractivity contribution in [3.8, 4) is 17.2 Å². The van der Waals surface area contributed by atoms with Gasteiger partial charge in [-0.3, -0.25) is 4.79 Å². The monoisotopic (exact) mass is 627 g/mol. The van der Waals surface area contributed by atoms with Gasteiger partial charge in [-0.05, 0) is 81.0 Å². The summed E-state index contributed by atoms with van der Waals surface area (Å²) in [7, 11) is 0. The number of aryl methyl sites for hydroxylation is 2. The molecule has 2 aromatic heterocycles. The number of nitrogens with one attached hydrogen (secondary N) is 1. The minimum Gasteiger partial charge on any atom is -0.337 e. The summed E-state index contributed by atoms with van der Waals surface area (Å²) in [4.78, 5) is 20.8. The highest BCUT2D eigenvalue weighted by Crippen LogP contribution is 2.57. The number of piperidine rings is 1. The van der Waals surface area contributed by atoms with E-state index in [0.717, 1.165) is 60.6 Å². The van der Waals surface area contributed by atoms with E-state index in [0.29, 0.717) is 63.5 Å².